The zero-order chi connectivity index (χ0) is 8.72. The van der Waals surface area contributed by atoms with E-state index in [9.17, 15) is 0 Å². The van der Waals surface area contributed by atoms with Gasteiger partial charge in [0.05, 0.1) is 0 Å². The first-order chi connectivity index (χ1) is 5.70. The molecule has 2 rings (SSSR count). The fourth-order valence-corrected chi connectivity index (χ4v) is 1.51. The highest BCUT2D eigenvalue weighted by Gasteiger charge is 2.07. The van der Waals surface area contributed by atoms with Crippen molar-refractivity contribution in [2.24, 2.45) is 0 Å². The van der Waals surface area contributed by atoms with E-state index in [-0.39, 0.29) is 0 Å². The Hall–Kier alpha value is -1.09. The molecule has 0 aliphatic carbocycles. The van der Waals surface area contributed by atoms with Crippen molar-refractivity contribution in [3.05, 3.63) is 28.8 Å². The number of fused-ring (bicyclic) bond motifs is 1. The third-order valence-electron chi connectivity index (χ3n) is 2.03. The zero-order valence-corrected chi connectivity index (χ0v) is 7.63. The van der Waals surface area contributed by atoms with Crippen molar-refractivity contribution >= 4 is 17.1 Å². The molecule has 4 heteroatoms. The lowest BCUT2D eigenvalue weighted by atomic mass is 10.2. The number of rotatable bonds is 0. The Labute approximate surface area is 75.0 Å². The summed E-state index contributed by atoms with van der Waals surface area (Å²) in [5.41, 5.74) is 3.22. The monoisotopic (exact) mass is 181 g/mol. The number of hydrogen-bond donors (Lipinski definition) is 0. The van der Waals surface area contributed by atoms with Crippen LogP contribution in [0.3, 0.4) is 0 Å². The summed E-state index contributed by atoms with van der Waals surface area (Å²) in [7, 11) is 0. The van der Waals surface area contributed by atoms with Crippen molar-refractivity contribution in [1.82, 2.24) is 14.6 Å². The number of nitrogens with zero attached hydrogens (tertiary/aromatic N) is 3. The van der Waals surface area contributed by atoms with Crippen LogP contribution in [0.1, 0.15) is 11.1 Å². The van der Waals surface area contributed by atoms with Crippen LogP contribution in [0.2, 0.25) is 5.15 Å². The normalized spacial score (nSPS) is 10.9. The van der Waals surface area contributed by atoms with Gasteiger partial charge >= 0.3 is 0 Å². The highest BCUT2D eigenvalue weighted by molar-refractivity contribution is 6.32. The van der Waals surface area contributed by atoms with Crippen molar-refractivity contribution in [1.29, 1.82) is 0 Å². The van der Waals surface area contributed by atoms with Crippen LogP contribution >= 0.6 is 11.6 Å². The van der Waals surface area contributed by atoms with Gasteiger partial charge in [-0.05, 0) is 25.0 Å². The maximum atomic E-state index is 5.90. The second-order valence-electron chi connectivity index (χ2n) is 2.78. The fraction of sp³-hybridized carbons (Fsp3) is 0.250. The van der Waals surface area contributed by atoms with E-state index in [1.165, 1.54) is 11.9 Å². The van der Waals surface area contributed by atoms with E-state index in [2.05, 4.69) is 10.1 Å². The predicted molar refractivity (Wildman–Crippen MR) is 47.5 cm³/mol. The minimum absolute atomic E-state index is 0.510. The third-order valence-corrected chi connectivity index (χ3v) is 2.31. The Kier molecular flexibility index (Phi) is 1.54. The predicted octanol–water partition coefficient (Wildman–Crippen LogP) is 2.00. The molecule has 0 saturated carbocycles. The SMILES string of the molecule is Cc1cn2ncnc(Cl)c2c1C. The fourth-order valence-electron chi connectivity index (χ4n) is 1.24. The lowest BCUT2D eigenvalue weighted by Crippen LogP contribution is -1.91. The van der Waals surface area contributed by atoms with Crippen LogP contribution in [0.5, 0.6) is 0 Å². The maximum Gasteiger partial charge on any atom is 0.156 e. The molecule has 0 saturated heterocycles. The molecule has 12 heavy (non-hydrogen) atoms. The van der Waals surface area contributed by atoms with E-state index >= 15 is 0 Å². The van der Waals surface area contributed by atoms with E-state index in [4.69, 9.17) is 11.6 Å². The van der Waals surface area contributed by atoms with Gasteiger partial charge in [-0.15, -0.1) is 0 Å². The number of halogens is 1. The Bertz CT molecular complexity index is 433. The minimum Gasteiger partial charge on any atom is -0.236 e. The number of aromatic nitrogens is 3. The summed E-state index contributed by atoms with van der Waals surface area (Å²) in [6.07, 6.45) is 3.40. The average molecular weight is 182 g/mol. The van der Waals surface area contributed by atoms with Crippen LogP contribution < -0.4 is 0 Å². The first-order valence-corrected chi connectivity index (χ1v) is 4.03. The van der Waals surface area contributed by atoms with Gasteiger partial charge in [-0.25, -0.2) is 9.50 Å². The summed E-state index contributed by atoms with van der Waals surface area (Å²) in [5.74, 6) is 0. The largest absolute Gasteiger partial charge is 0.236 e. The van der Waals surface area contributed by atoms with Crippen LogP contribution in [0.4, 0.5) is 0 Å². The van der Waals surface area contributed by atoms with Crippen LogP contribution in [-0.4, -0.2) is 14.6 Å². The Morgan fingerprint density at radius 3 is 2.83 bits per heavy atom. The second-order valence-corrected chi connectivity index (χ2v) is 3.14. The Morgan fingerprint density at radius 2 is 2.17 bits per heavy atom. The van der Waals surface area contributed by atoms with Crippen LogP contribution in [-0.2, 0) is 0 Å². The summed E-state index contributed by atoms with van der Waals surface area (Å²) < 4.78 is 1.75. The third kappa shape index (κ3) is 0.898. The summed E-state index contributed by atoms with van der Waals surface area (Å²) >= 11 is 5.90. The van der Waals surface area contributed by atoms with Crippen LogP contribution in [0.15, 0.2) is 12.5 Å². The van der Waals surface area contributed by atoms with Gasteiger partial charge < -0.3 is 0 Å². The van der Waals surface area contributed by atoms with Gasteiger partial charge in [-0.2, -0.15) is 5.10 Å². The van der Waals surface area contributed by atoms with E-state index in [0.717, 1.165) is 11.1 Å². The maximum absolute atomic E-state index is 5.90. The average Bonchev–Trinajstić information content (AvgIpc) is 2.29. The molecule has 0 aliphatic heterocycles. The van der Waals surface area contributed by atoms with Crippen molar-refractivity contribution in [3.63, 3.8) is 0 Å². The Morgan fingerprint density at radius 1 is 1.42 bits per heavy atom. The van der Waals surface area contributed by atoms with Crippen molar-refractivity contribution in [2.75, 3.05) is 0 Å². The first kappa shape index (κ1) is 7.55. The van der Waals surface area contributed by atoms with E-state index in [1.54, 1.807) is 4.52 Å². The zero-order valence-electron chi connectivity index (χ0n) is 6.87. The van der Waals surface area contributed by atoms with E-state index < -0.39 is 0 Å². The molecule has 0 N–H and O–H groups in total. The van der Waals surface area contributed by atoms with Gasteiger partial charge in [0, 0.05) is 6.20 Å². The Balaban J connectivity index is 2.97. The summed E-state index contributed by atoms with van der Waals surface area (Å²) in [5, 5.41) is 4.55. The lowest BCUT2D eigenvalue weighted by molar-refractivity contribution is 0.900. The molecule has 0 aliphatic rings. The summed E-state index contributed by atoms with van der Waals surface area (Å²) in [4.78, 5) is 3.91. The minimum atomic E-state index is 0.510. The van der Waals surface area contributed by atoms with Crippen molar-refractivity contribution < 1.29 is 0 Å². The quantitative estimate of drug-likeness (QED) is 0.622. The molecule has 2 heterocycles. The molecular formula is C8H8ClN3. The molecule has 0 amide bonds. The molecule has 0 spiro atoms. The standard InChI is InChI=1S/C8H8ClN3/c1-5-3-12-7(6(5)2)8(9)10-4-11-12/h3-4H,1-2H3. The number of aryl methyl sites for hydroxylation is 2. The van der Waals surface area contributed by atoms with E-state index in [0.29, 0.717) is 5.15 Å². The molecule has 0 bridgehead atoms. The molecule has 2 aromatic heterocycles. The molecule has 0 fully saturated rings. The molecule has 2 aromatic rings. The van der Waals surface area contributed by atoms with Crippen LogP contribution in [0, 0.1) is 13.8 Å². The van der Waals surface area contributed by atoms with Gasteiger partial charge in [0.1, 0.15) is 11.8 Å². The summed E-state index contributed by atoms with van der Waals surface area (Å²) in [6, 6.07) is 0. The molecule has 3 nitrogen and oxygen atoms in total. The highest BCUT2D eigenvalue weighted by Crippen LogP contribution is 2.20. The topological polar surface area (TPSA) is 30.2 Å². The smallest absolute Gasteiger partial charge is 0.156 e. The molecular weight excluding hydrogens is 174 g/mol. The van der Waals surface area contributed by atoms with Gasteiger partial charge in [0.15, 0.2) is 5.15 Å². The number of hydrogen-bond acceptors (Lipinski definition) is 2. The van der Waals surface area contributed by atoms with Crippen molar-refractivity contribution in [3.8, 4) is 0 Å². The van der Waals surface area contributed by atoms with Crippen molar-refractivity contribution in [2.45, 2.75) is 13.8 Å². The van der Waals surface area contributed by atoms with Gasteiger partial charge in [-0.1, -0.05) is 11.6 Å². The molecule has 0 radical (unpaired) electrons. The molecule has 0 unspecified atom stereocenters. The molecule has 62 valence electrons. The van der Waals surface area contributed by atoms with Crippen LogP contribution in [0.25, 0.3) is 5.52 Å². The molecule has 0 atom stereocenters. The highest BCUT2D eigenvalue weighted by atomic mass is 35.5. The summed E-state index contributed by atoms with van der Waals surface area (Å²) in [6.45, 7) is 4.04. The molecule has 0 aromatic carbocycles. The first-order valence-electron chi connectivity index (χ1n) is 3.65. The van der Waals surface area contributed by atoms with Gasteiger partial charge in [0.2, 0.25) is 0 Å². The second kappa shape index (κ2) is 2.45. The van der Waals surface area contributed by atoms with Gasteiger partial charge in [0.25, 0.3) is 0 Å². The lowest BCUT2D eigenvalue weighted by Gasteiger charge is -1.94. The van der Waals surface area contributed by atoms with E-state index in [1.807, 2.05) is 20.0 Å². The van der Waals surface area contributed by atoms with Gasteiger partial charge in [-0.3, -0.25) is 0 Å².